The van der Waals surface area contributed by atoms with Gasteiger partial charge in [0.2, 0.25) is 0 Å². The fourth-order valence-electron chi connectivity index (χ4n) is 4.28. The molecule has 0 unspecified atom stereocenters. The molecule has 37 heavy (non-hydrogen) atoms. The second-order valence-electron chi connectivity index (χ2n) is 8.36. The van der Waals surface area contributed by atoms with E-state index in [1.54, 1.807) is 0 Å². The lowest BCUT2D eigenvalue weighted by Gasteiger charge is -2.26. The Morgan fingerprint density at radius 3 is 1.19 bits per heavy atom. The van der Waals surface area contributed by atoms with E-state index in [1.807, 2.05) is 60.7 Å². The summed E-state index contributed by atoms with van der Waals surface area (Å²) in [7, 11) is -2.73. The molecule has 4 aromatic carbocycles. The van der Waals surface area contributed by atoms with Gasteiger partial charge >= 0.3 is 12.4 Å². The van der Waals surface area contributed by atoms with Crippen LogP contribution in [0.3, 0.4) is 0 Å². The predicted octanol–water partition coefficient (Wildman–Crippen LogP) is 7.68. The van der Waals surface area contributed by atoms with E-state index in [9.17, 15) is 26.3 Å². The van der Waals surface area contributed by atoms with Gasteiger partial charge in [-0.3, -0.25) is 0 Å². The fourth-order valence-corrected chi connectivity index (χ4v) is 9.61. The van der Waals surface area contributed by atoms with Gasteiger partial charge in [-0.15, -0.1) is 0 Å². The molecule has 0 nitrogen and oxygen atoms in total. The highest BCUT2D eigenvalue weighted by Crippen LogP contribution is 2.45. The highest BCUT2D eigenvalue weighted by atomic mass is 31.1. The number of hydrogen-bond donors (Lipinski definition) is 0. The van der Waals surface area contributed by atoms with Crippen LogP contribution in [0.4, 0.5) is 26.3 Å². The maximum atomic E-state index is 13.9. The van der Waals surface area contributed by atoms with E-state index < -0.39 is 39.3 Å². The Balaban J connectivity index is 1.72. The van der Waals surface area contributed by atoms with Gasteiger partial charge in [-0.1, -0.05) is 97.1 Å². The molecule has 0 bridgehead atoms. The van der Waals surface area contributed by atoms with Gasteiger partial charge in [0, 0.05) is 0 Å². The third-order valence-electron chi connectivity index (χ3n) is 5.90. The minimum absolute atomic E-state index is 0.0644. The van der Waals surface area contributed by atoms with Crippen molar-refractivity contribution in [2.45, 2.75) is 18.8 Å². The van der Waals surface area contributed by atoms with Crippen molar-refractivity contribution in [1.82, 2.24) is 0 Å². The minimum Gasteiger partial charge on any atom is -0.166 e. The van der Waals surface area contributed by atoms with Gasteiger partial charge in [0.15, 0.2) is 0 Å². The molecule has 0 aliphatic rings. The van der Waals surface area contributed by atoms with Crippen molar-refractivity contribution in [3.05, 3.63) is 120 Å². The molecule has 192 valence electrons. The normalized spacial score (nSPS) is 12.3. The molecular weight excluding hydrogens is 524 g/mol. The lowest BCUT2D eigenvalue weighted by Crippen LogP contribution is -2.27. The largest absolute Gasteiger partial charge is 0.417 e. The topological polar surface area (TPSA) is 0 Å². The Morgan fingerprint density at radius 2 is 0.784 bits per heavy atom. The molecular formula is C29H24F6P2. The van der Waals surface area contributed by atoms with Crippen LogP contribution < -0.4 is 21.2 Å². The molecule has 0 radical (unpaired) electrons. The second kappa shape index (κ2) is 11.8. The van der Waals surface area contributed by atoms with Crippen molar-refractivity contribution in [1.29, 1.82) is 0 Å². The fraction of sp³-hybridized carbons (Fsp3) is 0.172. The minimum atomic E-state index is -4.66. The zero-order valence-electron chi connectivity index (χ0n) is 19.7. The molecule has 0 aliphatic carbocycles. The van der Waals surface area contributed by atoms with E-state index in [4.69, 9.17) is 0 Å². The molecule has 0 saturated carbocycles. The van der Waals surface area contributed by atoms with Gasteiger partial charge in [-0.25, -0.2) is 0 Å². The molecule has 0 N–H and O–H groups in total. The number of alkyl halides is 6. The average molecular weight is 548 g/mol. The van der Waals surface area contributed by atoms with Gasteiger partial charge in [0.05, 0.1) is 11.1 Å². The first-order valence-corrected chi connectivity index (χ1v) is 14.7. The molecule has 0 amide bonds. The summed E-state index contributed by atoms with van der Waals surface area (Å²) in [5.41, 5.74) is -1.74. The molecule has 8 heteroatoms. The van der Waals surface area contributed by atoms with Gasteiger partial charge in [-0.2, -0.15) is 26.3 Å². The summed E-state index contributed by atoms with van der Waals surface area (Å²) in [6.07, 6.45) is -7.96. The van der Waals surface area contributed by atoms with Crippen LogP contribution in [0.1, 0.15) is 17.5 Å². The van der Waals surface area contributed by atoms with Crippen molar-refractivity contribution in [3.63, 3.8) is 0 Å². The summed E-state index contributed by atoms with van der Waals surface area (Å²) < 4.78 is 83.7. The first-order chi connectivity index (χ1) is 17.7. The van der Waals surface area contributed by atoms with E-state index in [0.29, 0.717) is 12.6 Å². The summed E-state index contributed by atoms with van der Waals surface area (Å²) in [6, 6.07) is 29.8. The van der Waals surface area contributed by atoms with Crippen LogP contribution in [0.25, 0.3) is 0 Å². The van der Waals surface area contributed by atoms with Crippen molar-refractivity contribution < 1.29 is 26.3 Å². The van der Waals surface area contributed by atoms with E-state index in [1.165, 1.54) is 36.4 Å². The second-order valence-corrected chi connectivity index (χ2v) is 13.0. The number of rotatable bonds is 8. The van der Waals surface area contributed by atoms with Crippen LogP contribution in [0.5, 0.6) is 0 Å². The van der Waals surface area contributed by atoms with Gasteiger partial charge in [0.25, 0.3) is 0 Å². The maximum absolute atomic E-state index is 13.9. The molecule has 0 saturated heterocycles. The van der Waals surface area contributed by atoms with E-state index in [-0.39, 0.29) is 16.8 Å². The van der Waals surface area contributed by atoms with Crippen molar-refractivity contribution in [2.24, 2.45) is 0 Å². The van der Waals surface area contributed by atoms with E-state index in [0.717, 1.165) is 22.7 Å². The summed E-state index contributed by atoms with van der Waals surface area (Å²) in [6.45, 7) is 0. The van der Waals surface area contributed by atoms with E-state index in [2.05, 4.69) is 0 Å². The first-order valence-electron chi connectivity index (χ1n) is 11.6. The lowest BCUT2D eigenvalue weighted by molar-refractivity contribution is -0.137. The van der Waals surface area contributed by atoms with Crippen LogP contribution in [-0.4, -0.2) is 12.3 Å². The third kappa shape index (κ3) is 6.80. The molecule has 4 rings (SSSR count). The van der Waals surface area contributed by atoms with Crippen LogP contribution >= 0.6 is 15.8 Å². The Morgan fingerprint density at radius 1 is 0.432 bits per heavy atom. The monoisotopic (exact) mass is 548 g/mol. The van der Waals surface area contributed by atoms with Gasteiger partial charge in [0.1, 0.15) is 0 Å². The molecule has 4 aromatic rings. The number of halogens is 6. The van der Waals surface area contributed by atoms with Gasteiger partial charge < -0.3 is 0 Å². The smallest absolute Gasteiger partial charge is 0.166 e. The van der Waals surface area contributed by atoms with Crippen LogP contribution in [0.15, 0.2) is 109 Å². The lowest BCUT2D eigenvalue weighted by atomic mass is 10.2. The van der Waals surface area contributed by atoms with Crippen LogP contribution in [0, 0.1) is 0 Å². The Hall–Kier alpha value is -2.68. The van der Waals surface area contributed by atoms with Crippen molar-refractivity contribution >= 4 is 37.1 Å². The van der Waals surface area contributed by atoms with Gasteiger partial charge in [-0.05, 0) is 67.9 Å². The predicted molar refractivity (Wildman–Crippen MR) is 142 cm³/mol. The standard InChI is InChI=1S/C29H24F6P2/c30-28(31,32)24-16-7-9-18-26(24)37(27-19-10-8-17-25(27)29(33,34)35)21-11-20-36(22-12-3-1-4-13-22)23-14-5-2-6-15-23/h1-10,12-19H,11,20-21H2. The molecule has 0 fully saturated rings. The highest BCUT2D eigenvalue weighted by Gasteiger charge is 2.39. The Labute approximate surface area is 214 Å². The number of hydrogen-bond acceptors (Lipinski definition) is 0. The highest BCUT2D eigenvalue weighted by molar-refractivity contribution is 7.74. The summed E-state index contributed by atoms with van der Waals surface area (Å²) in [4.78, 5) is 0. The molecule has 0 heterocycles. The number of benzene rings is 4. The maximum Gasteiger partial charge on any atom is 0.417 e. The van der Waals surface area contributed by atoms with Crippen LogP contribution in [-0.2, 0) is 12.4 Å². The Bertz CT molecular complexity index is 1190. The quantitative estimate of drug-likeness (QED) is 0.157. The summed E-state index contributed by atoms with van der Waals surface area (Å²) in [5, 5.41) is 2.12. The van der Waals surface area contributed by atoms with Crippen molar-refractivity contribution in [3.8, 4) is 0 Å². The van der Waals surface area contributed by atoms with Crippen molar-refractivity contribution in [2.75, 3.05) is 12.3 Å². The zero-order valence-corrected chi connectivity index (χ0v) is 21.5. The van der Waals surface area contributed by atoms with E-state index >= 15 is 0 Å². The summed E-state index contributed by atoms with van der Waals surface area (Å²) >= 11 is 0. The molecule has 0 atom stereocenters. The SMILES string of the molecule is FC(F)(F)c1ccccc1P(CCCP(c1ccccc1)c1ccccc1)c1ccccc1C(F)(F)F. The van der Waals surface area contributed by atoms with Crippen LogP contribution in [0.2, 0.25) is 0 Å². The molecule has 0 aliphatic heterocycles. The molecule has 0 aromatic heterocycles. The third-order valence-corrected chi connectivity index (χ3v) is 11.2. The zero-order chi connectivity index (χ0) is 26.5. The Kier molecular flexibility index (Phi) is 8.72. The summed E-state index contributed by atoms with van der Waals surface area (Å²) in [5.74, 6) is 0. The first kappa shape index (κ1) is 27.4. The molecule has 0 spiro atoms. The average Bonchev–Trinajstić information content (AvgIpc) is 2.89.